The van der Waals surface area contributed by atoms with Crippen LogP contribution < -0.4 is 34.2 Å². The number of para-hydroxylation sites is 2. The van der Waals surface area contributed by atoms with Gasteiger partial charge < -0.3 is 34.2 Å². The van der Waals surface area contributed by atoms with Gasteiger partial charge in [-0.3, -0.25) is 0 Å². The molecule has 0 saturated heterocycles. The molecule has 9 heteroatoms. The second-order valence-electron chi connectivity index (χ2n) is 10.1. The van der Waals surface area contributed by atoms with E-state index in [0.717, 1.165) is 12.0 Å². The average molecular weight is 557 g/mol. The summed E-state index contributed by atoms with van der Waals surface area (Å²) in [7, 11) is 0. The fraction of sp³-hybridized carbons (Fsp3) is 0.312. The molecule has 2 heterocycles. The molecule has 0 aromatic heterocycles. The van der Waals surface area contributed by atoms with E-state index in [1.807, 2.05) is 31.2 Å². The lowest BCUT2D eigenvalue weighted by atomic mass is 9.83. The van der Waals surface area contributed by atoms with Crippen LogP contribution in [0.4, 0.5) is 0 Å². The molecule has 2 unspecified atom stereocenters. The topological polar surface area (TPSA) is 122 Å². The molecule has 3 aromatic carbocycles. The van der Waals surface area contributed by atoms with E-state index in [1.54, 1.807) is 36.4 Å². The molecule has 2 aliphatic rings. The number of benzene rings is 3. The van der Waals surface area contributed by atoms with Gasteiger partial charge in [0.25, 0.3) is 0 Å². The normalized spacial score (nSPS) is 17.2. The van der Waals surface area contributed by atoms with E-state index >= 15 is 0 Å². The summed E-state index contributed by atoms with van der Waals surface area (Å²) in [5.74, 6) is 2.24. The molecule has 0 bridgehead atoms. The van der Waals surface area contributed by atoms with Crippen LogP contribution in [0.3, 0.4) is 0 Å². The number of carbonyl (C=O) groups excluding carboxylic acids is 1. The third kappa shape index (κ3) is 6.02. The number of nitrogens with two attached hydrogens (primary N) is 1. The molecule has 0 spiro atoms. The third-order valence-corrected chi connectivity index (χ3v) is 6.73. The summed E-state index contributed by atoms with van der Waals surface area (Å²) in [6.45, 7) is 7.23. The highest BCUT2D eigenvalue weighted by molar-refractivity contribution is 5.78. The number of hydrogen-bond acceptors (Lipinski definition) is 9. The van der Waals surface area contributed by atoms with E-state index in [4.69, 9.17) is 34.2 Å². The van der Waals surface area contributed by atoms with Gasteiger partial charge in [-0.1, -0.05) is 38.1 Å². The van der Waals surface area contributed by atoms with Crippen LogP contribution in [0.15, 0.2) is 72.1 Å². The smallest absolute Gasteiger partial charge is 0.356 e. The van der Waals surface area contributed by atoms with Crippen molar-refractivity contribution >= 4 is 5.97 Å². The first kappa shape index (κ1) is 27.7. The van der Waals surface area contributed by atoms with E-state index < -0.39 is 18.0 Å². The molecule has 9 nitrogen and oxygen atoms in total. The summed E-state index contributed by atoms with van der Waals surface area (Å²) in [4.78, 5) is 12.9. The second kappa shape index (κ2) is 12.1. The van der Waals surface area contributed by atoms with Crippen LogP contribution >= 0.6 is 0 Å². The summed E-state index contributed by atoms with van der Waals surface area (Å²) in [6.07, 6.45) is -0.0125. The zero-order chi connectivity index (χ0) is 28.9. The van der Waals surface area contributed by atoms with Crippen LogP contribution in [0.5, 0.6) is 34.5 Å². The Labute approximate surface area is 239 Å². The Bertz CT molecular complexity index is 1510. The van der Waals surface area contributed by atoms with Crippen LogP contribution in [0.1, 0.15) is 44.2 Å². The number of ether oxygens (including phenoxy) is 6. The van der Waals surface area contributed by atoms with E-state index in [9.17, 15) is 10.1 Å². The van der Waals surface area contributed by atoms with Crippen LogP contribution in [-0.4, -0.2) is 31.9 Å². The lowest BCUT2D eigenvalue weighted by Gasteiger charge is -2.28. The van der Waals surface area contributed by atoms with Crippen molar-refractivity contribution in [2.24, 2.45) is 11.7 Å². The van der Waals surface area contributed by atoms with Crippen molar-refractivity contribution in [3.63, 3.8) is 0 Å². The largest absolute Gasteiger partial charge is 0.490 e. The Morgan fingerprint density at radius 3 is 2.61 bits per heavy atom. The van der Waals surface area contributed by atoms with Gasteiger partial charge in [-0.25, -0.2) is 4.79 Å². The molecule has 0 fully saturated rings. The maximum absolute atomic E-state index is 12.9. The Morgan fingerprint density at radius 1 is 1.05 bits per heavy atom. The highest BCUT2D eigenvalue weighted by Gasteiger charge is 2.33. The molecular formula is C32H32N2O7. The highest BCUT2D eigenvalue weighted by atomic mass is 16.6. The number of esters is 1. The molecule has 2 atom stereocenters. The number of hydrogen-bond donors (Lipinski definition) is 1. The van der Waals surface area contributed by atoms with Gasteiger partial charge in [0.1, 0.15) is 29.7 Å². The molecule has 2 aliphatic heterocycles. The molecule has 41 heavy (non-hydrogen) atoms. The van der Waals surface area contributed by atoms with E-state index in [0.29, 0.717) is 53.4 Å². The number of rotatable bonds is 9. The maximum atomic E-state index is 12.9. The van der Waals surface area contributed by atoms with E-state index in [2.05, 4.69) is 19.9 Å². The summed E-state index contributed by atoms with van der Waals surface area (Å²) in [5.41, 5.74) is 7.94. The zero-order valence-corrected chi connectivity index (χ0v) is 23.2. The van der Waals surface area contributed by atoms with Crippen LogP contribution in [0.25, 0.3) is 0 Å². The minimum Gasteiger partial charge on any atom is -0.490 e. The van der Waals surface area contributed by atoms with Gasteiger partial charge in [0, 0.05) is 11.6 Å². The molecule has 3 aromatic rings. The predicted molar refractivity (Wildman–Crippen MR) is 150 cm³/mol. The van der Waals surface area contributed by atoms with Crippen molar-refractivity contribution in [3.8, 4) is 40.6 Å². The first-order chi connectivity index (χ1) is 19.9. The molecule has 5 rings (SSSR count). The van der Waals surface area contributed by atoms with Gasteiger partial charge in [-0.15, -0.1) is 0 Å². The number of carbonyl (C=O) groups is 1. The molecule has 0 aliphatic carbocycles. The highest BCUT2D eigenvalue weighted by Crippen LogP contribution is 2.45. The minimum atomic E-state index is -0.928. The Hall–Kier alpha value is -4.84. The van der Waals surface area contributed by atoms with Crippen molar-refractivity contribution in [2.75, 3.05) is 19.8 Å². The number of nitrogens with zero attached hydrogens (tertiary/aromatic N) is 1. The number of nitriles is 1. The molecule has 0 amide bonds. The van der Waals surface area contributed by atoms with Gasteiger partial charge >= 0.3 is 5.97 Å². The van der Waals surface area contributed by atoms with Gasteiger partial charge in [-0.2, -0.15) is 5.26 Å². The van der Waals surface area contributed by atoms with Gasteiger partial charge in [0.2, 0.25) is 12.0 Å². The maximum Gasteiger partial charge on any atom is 0.356 e. The summed E-state index contributed by atoms with van der Waals surface area (Å²) in [6, 6.07) is 19.9. The van der Waals surface area contributed by atoms with Crippen LogP contribution in [0, 0.1) is 17.2 Å². The first-order valence-corrected chi connectivity index (χ1v) is 13.6. The van der Waals surface area contributed by atoms with Crippen molar-refractivity contribution in [2.45, 2.75) is 39.2 Å². The lowest BCUT2D eigenvalue weighted by molar-refractivity contribution is -0.144. The molecule has 2 N–H and O–H groups in total. The van der Waals surface area contributed by atoms with Gasteiger partial charge in [0.05, 0.1) is 19.1 Å². The standard InChI is InChI=1S/C32H32N2O7/c1-4-36-28-15-20(9-12-25(28)37-14-13-19(2)3)30-22-11-10-21(16-27(22)41-31(34)23(30)17-33)39-32(35)29-18-38-24-7-5-6-8-26(24)40-29/h5-12,15-16,19,29-30H,4,13-14,18,34H2,1-3H3. The molecule has 212 valence electrons. The van der Waals surface area contributed by atoms with E-state index in [-0.39, 0.29) is 23.8 Å². The van der Waals surface area contributed by atoms with Gasteiger partial charge in [-0.05, 0) is 55.2 Å². The van der Waals surface area contributed by atoms with Crippen LogP contribution in [-0.2, 0) is 4.79 Å². The molecule has 0 radical (unpaired) electrons. The summed E-state index contributed by atoms with van der Waals surface area (Å²) < 4.78 is 34.7. The third-order valence-electron chi connectivity index (χ3n) is 6.73. The van der Waals surface area contributed by atoms with Crippen molar-refractivity contribution < 1.29 is 33.2 Å². The number of fused-ring (bicyclic) bond motifs is 2. The average Bonchev–Trinajstić information content (AvgIpc) is 2.96. The van der Waals surface area contributed by atoms with Gasteiger partial charge in [0.15, 0.2) is 23.0 Å². The van der Waals surface area contributed by atoms with Crippen LogP contribution in [0.2, 0.25) is 0 Å². The van der Waals surface area contributed by atoms with Crippen molar-refractivity contribution in [3.05, 3.63) is 83.2 Å². The van der Waals surface area contributed by atoms with Crippen molar-refractivity contribution in [1.29, 1.82) is 5.26 Å². The fourth-order valence-corrected chi connectivity index (χ4v) is 4.66. The quantitative estimate of drug-likeness (QED) is 0.270. The van der Waals surface area contributed by atoms with E-state index in [1.165, 1.54) is 0 Å². The molecular weight excluding hydrogens is 524 g/mol. The Balaban J connectivity index is 1.39. The predicted octanol–water partition coefficient (Wildman–Crippen LogP) is 5.47. The Morgan fingerprint density at radius 2 is 1.85 bits per heavy atom. The Kier molecular flexibility index (Phi) is 8.20. The lowest BCUT2D eigenvalue weighted by Crippen LogP contribution is -2.39. The SMILES string of the molecule is CCOc1cc(C2C(C#N)=C(N)Oc3cc(OC(=O)C4COc5ccccc5O4)ccc32)ccc1OCCC(C)C. The fourth-order valence-electron chi connectivity index (χ4n) is 4.66. The zero-order valence-electron chi connectivity index (χ0n) is 23.2. The second-order valence-corrected chi connectivity index (χ2v) is 10.1. The molecule has 0 saturated carbocycles. The summed E-state index contributed by atoms with van der Waals surface area (Å²) >= 11 is 0. The summed E-state index contributed by atoms with van der Waals surface area (Å²) in [5, 5.41) is 9.98. The minimum absolute atomic E-state index is 0.0238. The number of allylic oxidation sites excluding steroid dienone is 1. The monoisotopic (exact) mass is 556 g/mol. The van der Waals surface area contributed by atoms with Crippen molar-refractivity contribution in [1.82, 2.24) is 0 Å². The first-order valence-electron chi connectivity index (χ1n) is 13.6.